The molecule has 0 radical (unpaired) electrons. The van der Waals surface area contributed by atoms with Crippen molar-refractivity contribution in [1.29, 1.82) is 0 Å². The molecule has 1 atom stereocenters. The van der Waals surface area contributed by atoms with Crippen LogP contribution in [0.1, 0.15) is 37.2 Å². The monoisotopic (exact) mass is 264 g/mol. The molecule has 0 spiro atoms. The lowest BCUT2D eigenvalue weighted by Crippen LogP contribution is -2.51. The van der Waals surface area contributed by atoms with Crippen molar-refractivity contribution in [3.63, 3.8) is 0 Å². The molecule has 1 fully saturated rings. The summed E-state index contributed by atoms with van der Waals surface area (Å²) in [5.41, 5.74) is 0.0100. The number of hydrogen-bond acceptors (Lipinski definition) is 5. The van der Waals surface area contributed by atoms with Gasteiger partial charge in [0.2, 0.25) is 0 Å². The van der Waals surface area contributed by atoms with Crippen molar-refractivity contribution in [2.75, 3.05) is 25.1 Å². The van der Waals surface area contributed by atoms with E-state index in [-0.39, 0.29) is 11.4 Å². The number of nitrogens with zero attached hydrogens (tertiary/aromatic N) is 2. The van der Waals surface area contributed by atoms with Gasteiger partial charge in [0.1, 0.15) is 11.5 Å². The van der Waals surface area contributed by atoms with E-state index in [4.69, 9.17) is 4.74 Å². The van der Waals surface area contributed by atoms with Gasteiger partial charge in [0.25, 0.3) is 5.91 Å². The van der Waals surface area contributed by atoms with Crippen LogP contribution < -0.4 is 10.6 Å². The van der Waals surface area contributed by atoms with Gasteiger partial charge in [-0.3, -0.25) is 9.78 Å². The number of ether oxygens (including phenoxy) is 1. The van der Waals surface area contributed by atoms with Crippen LogP contribution in [0.4, 0.5) is 5.82 Å². The molecule has 0 aliphatic carbocycles. The van der Waals surface area contributed by atoms with E-state index in [1.807, 2.05) is 13.8 Å². The molecule has 1 aromatic rings. The highest BCUT2D eigenvalue weighted by molar-refractivity contribution is 5.92. The predicted octanol–water partition coefficient (Wildman–Crippen LogP) is 1.21. The quantitative estimate of drug-likeness (QED) is 0.854. The van der Waals surface area contributed by atoms with Gasteiger partial charge in [-0.15, -0.1) is 0 Å². The second kappa shape index (κ2) is 5.97. The summed E-state index contributed by atoms with van der Waals surface area (Å²) in [5.74, 6) is 0.403. The molecule has 6 heteroatoms. The van der Waals surface area contributed by atoms with Crippen LogP contribution in [-0.2, 0) is 4.74 Å². The van der Waals surface area contributed by atoms with Crippen molar-refractivity contribution < 1.29 is 9.53 Å². The van der Waals surface area contributed by atoms with Gasteiger partial charge < -0.3 is 15.4 Å². The van der Waals surface area contributed by atoms with Crippen LogP contribution in [0.3, 0.4) is 0 Å². The molecule has 0 bridgehead atoms. The predicted molar refractivity (Wildman–Crippen MR) is 72.1 cm³/mol. The molecular weight excluding hydrogens is 244 g/mol. The van der Waals surface area contributed by atoms with Gasteiger partial charge in [-0.2, -0.15) is 0 Å². The zero-order valence-electron chi connectivity index (χ0n) is 11.4. The van der Waals surface area contributed by atoms with E-state index in [1.54, 1.807) is 6.20 Å². The summed E-state index contributed by atoms with van der Waals surface area (Å²) in [6.45, 7) is 6.01. The molecule has 1 unspecified atom stereocenters. The molecule has 1 amide bonds. The van der Waals surface area contributed by atoms with Crippen LogP contribution in [0, 0.1) is 0 Å². The van der Waals surface area contributed by atoms with Gasteiger partial charge in [0, 0.05) is 13.2 Å². The van der Waals surface area contributed by atoms with E-state index in [1.165, 1.54) is 6.20 Å². The van der Waals surface area contributed by atoms with Crippen LogP contribution in [0.2, 0.25) is 0 Å². The first-order chi connectivity index (χ1) is 9.13. The zero-order valence-corrected chi connectivity index (χ0v) is 11.4. The average molecular weight is 264 g/mol. The third-order valence-corrected chi connectivity index (χ3v) is 3.08. The summed E-state index contributed by atoms with van der Waals surface area (Å²) in [6, 6.07) is 0. The number of carbonyl (C=O) groups excluding carboxylic acids is 1. The Labute approximate surface area is 113 Å². The Morgan fingerprint density at radius 3 is 3.05 bits per heavy atom. The van der Waals surface area contributed by atoms with E-state index in [0.29, 0.717) is 18.1 Å². The Morgan fingerprint density at radius 1 is 1.53 bits per heavy atom. The van der Waals surface area contributed by atoms with Crippen molar-refractivity contribution in [3.8, 4) is 0 Å². The molecule has 1 saturated heterocycles. The first-order valence-electron chi connectivity index (χ1n) is 6.59. The van der Waals surface area contributed by atoms with Gasteiger partial charge in [0.15, 0.2) is 0 Å². The Kier molecular flexibility index (Phi) is 4.31. The fraction of sp³-hybridized carbons (Fsp3) is 0.615. The molecule has 104 valence electrons. The van der Waals surface area contributed by atoms with Crippen molar-refractivity contribution in [2.45, 2.75) is 32.2 Å². The molecule has 2 rings (SSSR count). The molecule has 1 aliphatic heterocycles. The van der Waals surface area contributed by atoms with E-state index in [0.717, 1.165) is 26.0 Å². The normalized spacial score (nSPS) is 22.8. The first kappa shape index (κ1) is 13.7. The number of amides is 1. The van der Waals surface area contributed by atoms with E-state index < -0.39 is 0 Å². The van der Waals surface area contributed by atoms with Gasteiger partial charge in [-0.25, -0.2) is 4.98 Å². The maximum atomic E-state index is 12.2. The number of nitrogens with one attached hydrogen (secondary N) is 2. The molecule has 1 aromatic heterocycles. The number of rotatable bonds is 4. The SMILES string of the molecule is CCNc1cncc(C(=O)NC2(C)CCCOC2)n1. The van der Waals surface area contributed by atoms with Crippen LogP contribution in [-0.4, -0.2) is 41.2 Å². The molecule has 0 aromatic carbocycles. The molecule has 1 aliphatic rings. The summed E-state index contributed by atoms with van der Waals surface area (Å²) in [7, 11) is 0. The third-order valence-electron chi connectivity index (χ3n) is 3.08. The number of hydrogen-bond donors (Lipinski definition) is 2. The Balaban J connectivity index is 2.04. The zero-order chi connectivity index (χ0) is 13.7. The maximum absolute atomic E-state index is 12.2. The first-order valence-corrected chi connectivity index (χ1v) is 6.59. The van der Waals surface area contributed by atoms with Crippen molar-refractivity contribution >= 4 is 11.7 Å². The molecule has 6 nitrogen and oxygen atoms in total. The number of anilines is 1. The fourth-order valence-electron chi connectivity index (χ4n) is 2.11. The Morgan fingerprint density at radius 2 is 2.37 bits per heavy atom. The summed E-state index contributed by atoms with van der Waals surface area (Å²) >= 11 is 0. The molecule has 2 N–H and O–H groups in total. The van der Waals surface area contributed by atoms with Crippen LogP contribution in [0.5, 0.6) is 0 Å². The topological polar surface area (TPSA) is 76.1 Å². The van der Waals surface area contributed by atoms with E-state index >= 15 is 0 Å². The van der Waals surface area contributed by atoms with Gasteiger partial charge in [-0.05, 0) is 26.7 Å². The van der Waals surface area contributed by atoms with Gasteiger partial charge >= 0.3 is 0 Å². The van der Waals surface area contributed by atoms with Gasteiger partial charge in [-0.1, -0.05) is 0 Å². The largest absolute Gasteiger partial charge is 0.379 e. The minimum atomic E-state index is -0.314. The fourth-order valence-corrected chi connectivity index (χ4v) is 2.11. The van der Waals surface area contributed by atoms with Crippen molar-refractivity contribution in [3.05, 3.63) is 18.1 Å². The summed E-state index contributed by atoms with van der Waals surface area (Å²) in [6.07, 6.45) is 4.95. The van der Waals surface area contributed by atoms with Gasteiger partial charge in [0.05, 0.1) is 24.5 Å². The number of carbonyl (C=O) groups is 1. The lowest BCUT2D eigenvalue weighted by molar-refractivity contribution is 0.0271. The summed E-state index contributed by atoms with van der Waals surface area (Å²) < 4.78 is 5.42. The van der Waals surface area contributed by atoms with Crippen LogP contribution in [0.25, 0.3) is 0 Å². The Hall–Kier alpha value is -1.69. The van der Waals surface area contributed by atoms with Crippen molar-refractivity contribution in [1.82, 2.24) is 15.3 Å². The number of aromatic nitrogens is 2. The summed E-state index contributed by atoms with van der Waals surface area (Å²) in [5, 5.41) is 6.02. The third kappa shape index (κ3) is 3.64. The highest BCUT2D eigenvalue weighted by Crippen LogP contribution is 2.18. The minimum absolute atomic E-state index is 0.208. The van der Waals surface area contributed by atoms with E-state index in [2.05, 4.69) is 20.6 Å². The minimum Gasteiger partial charge on any atom is -0.379 e. The van der Waals surface area contributed by atoms with Crippen LogP contribution in [0.15, 0.2) is 12.4 Å². The molecule has 2 heterocycles. The second-order valence-corrected chi connectivity index (χ2v) is 4.99. The maximum Gasteiger partial charge on any atom is 0.272 e. The Bertz CT molecular complexity index is 444. The molecular formula is C13H20N4O2. The molecule has 19 heavy (non-hydrogen) atoms. The van der Waals surface area contributed by atoms with Crippen molar-refractivity contribution in [2.24, 2.45) is 0 Å². The van der Waals surface area contributed by atoms with E-state index in [9.17, 15) is 4.79 Å². The lowest BCUT2D eigenvalue weighted by Gasteiger charge is -2.34. The standard InChI is InChI=1S/C13H20N4O2/c1-3-15-11-8-14-7-10(16-11)12(18)17-13(2)5-4-6-19-9-13/h7-8H,3-6,9H2,1-2H3,(H,15,16)(H,17,18). The highest BCUT2D eigenvalue weighted by atomic mass is 16.5. The lowest BCUT2D eigenvalue weighted by atomic mass is 9.95. The van der Waals surface area contributed by atoms with Crippen LogP contribution >= 0.6 is 0 Å². The summed E-state index contributed by atoms with van der Waals surface area (Å²) in [4.78, 5) is 20.4. The molecule has 0 saturated carbocycles. The average Bonchev–Trinajstić information content (AvgIpc) is 2.40. The second-order valence-electron chi connectivity index (χ2n) is 4.99. The smallest absolute Gasteiger partial charge is 0.272 e. The highest BCUT2D eigenvalue weighted by Gasteiger charge is 2.30.